The summed E-state index contributed by atoms with van der Waals surface area (Å²) in [5, 5.41) is 7.55. The molecule has 0 atom stereocenters. The monoisotopic (exact) mass is 274 g/mol. The number of carbonyl (C=O) groups excluding carboxylic acids is 1. The van der Waals surface area contributed by atoms with Crippen LogP contribution in [0.2, 0.25) is 0 Å². The molecule has 8 heteroatoms. The van der Waals surface area contributed by atoms with Crippen molar-refractivity contribution in [2.45, 2.75) is 38.2 Å². The summed E-state index contributed by atoms with van der Waals surface area (Å²) in [5.74, 6) is -0.505. The number of hydrogen-bond donors (Lipinski definition) is 1. The number of primary amides is 1. The maximum atomic E-state index is 12.5. The third-order valence-corrected chi connectivity index (χ3v) is 3.11. The number of carbonyl (C=O) groups is 1. The largest absolute Gasteiger partial charge is 0.381 e. The van der Waals surface area contributed by atoms with Crippen molar-refractivity contribution in [2.24, 2.45) is 5.73 Å². The second-order valence-electron chi connectivity index (χ2n) is 4.52. The van der Waals surface area contributed by atoms with Gasteiger partial charge in [-0.3, -0.25) is 4.79 Å². The molecule has 6 nitrogen and oxygen atoms in total. The fraction of sp³-hybridized carbons (Fsp3) is 0.727. The summed E-state index contributed by atoms with van der Waals surface area (Å²) < 4.78 is 31.5. The molecule has 106 valence electrons. The number of rotatable bonds is 5. The highest BCUT2D eigenvalue weighted by Crippen LogP contribution is 2.29. The summed E-state index contributed by atoms with van der Waals surface area (Å²) in [7, 11) is 0. The van der Waals surface area contributed by atoms with Crippen LogP contribution in [-0.2, 0) is 22.5 Å². The number of halogens is 2. The summed E-state index contributed by atoms with van der Waals surface area (Å²) in [5.41, 5.74) is 6.15. The zero-order chi connectivity index (χ0) is 13.8. The van der Waals surface area contributed by atoms with Crippen LogP contribution in [0.15, 0.2) is 0 Å². The minimum atomic E-state index is -2.51. The van der Waals surface area contributed by atoms with E-state index >= 15 is 0 Å². The van der Waals surface area contributed by atoms with E-state index in [0.717, 1.165) is 0 Å². The van der Waals surface area contributed by atoms with E-state index in [9.17, 15) is 13.6 Å². The van der Waals surface area contributed by atoms with Crippen molar-refractivity contribution < 1.29 is 18.3 Å². The Morgan fingerprint density at radius 3 is 2.74 bits per heavy atom. The third-order valence-electron chi connectivity index (χ3n) is 3.11. The van der Waals surface area contributed by atoms with E-state index in [2.05, 4.69) is 10.3 Å². The van der Waals surface area contributed by atoms with Crippen LogP contribution in [0, 0.1) is 0 Å². The topological polar surface area (TPSA) is 83.0 Å². The second kappa shape index (κ2) is 6.05. The molecule has 0 radical (unpaired) electrons. The standard InChI is InChI=1S/C11H16F2N4O2/c12-9(13)6-17-11(7-1-3-19-4-2-7)8(15-16-17)5-10(14)18/h7,9H,1-6H2,(H2,14,18). The summed E-state index contributed by atoms with van der Waals surface area (Å²) >= 11 is 0. The molecule has 1 aromatic heterocycles. The number of aromatic nitrogens is 3. The molecule has 0 aliphatic carbocycles. The van der Waals surface area contributed by atoms with E-state index in [-0.39, 0.29) is 12.3 Å². The molecule has 1 aliphatic rings. The third kappa shape index (κ3) is 3.46. The van der Waals surface area contributed by atoms with Crippen molar-refractivity contribution in [3.05, 3.63) is 11.4 Å². The van der Waals surface area contributed by atoms with E-state index in [1.165, 1.54) is 4.68 Å². The lowest BCUT2D eigenvalue weighted by Crippen LogP contribution is -2.22. The quantitative estimate of drug-likeness (QED) is 0.845. The molecule has 0 saturated carbocycles. The van der Waals surface area contributed by atoms with Gasteiger partial charge in [0, 0.05) is 19.1 Å². The fourth-order valence-corrected chi connectivity index (χ4v) is 2.33. The zero-order valence-corrected chi connectivity index (χ0v) is 10.4. The lowest BCUT2D eigenvalue weighted by atomic mass is 9.94. The number of ether oxygens (including phenoxy) is 1. The highest BCUT2D eigenvalue weighted by atomic mass is 19.3. The molecule has 19 heavy (non-hydrogen) atoms. The van der Waals surface area contributed by atoms with Gasteiger partial charge in [-0.15, -0.1) is 5.10 Å². The van der Waals surface area contributed by atoms with Gasteiger partial charge in [-0.05, 0) is 12.8 Å². The molecule has 2 N–H and O–H groups in total. The first kappa shape index (κ1) is 13.9. The number of nitrogens with zero attached hydrogens (tertiary/aromatic N) is 3. The molecular formula is C11H16F2N4O2. The predicted molar refractivity (Wildman–Crippen MR) is 61.7 cm³/mol. The fourth-order valence-electron chi connectivity index (χ4n) is 2.33. The van der Waals surface area contributed by atoms with Crippen LogP contribution in [0.25, 0.3) is 0 Å². The van der Waals surface area contributed by atoms with Crippen LogP contribution < -0.4 is 5.73 Å². The molecule has 0 bridgehead atoms. The number of alkyl halides is 2. The van der Waals surface area contributed by atoms with Gasteiger partial charge < -0.3 is 10.5 Å². The maximum Gasteiger partial charge on any atom is 0.257 e. The molecule has 1 amide bonds. The molecule has 1 aromatic rings. The van der Waals surface area contributed by atoms with Gasteiger partial charge >= 0.3 is 0 Å². The minimum Gasteiger partial charge on any atom is -0.381 e. The second-order valence-corrected chi connectivity index (χ2v) is 4.52. The summed E-state index contributed by atoms with van der Waals surface area (Å²) in [6.07, 6.45) is -1.16. The number of hydrogen-bond acceptors (Lipinski definition) is 4. The molecule has 1 aliphatic heterocycles. The van der Waals surface area contributed by atoms with Gasteiger partial charge in [0.25, 0.3) is 6.43 Å². The lowest BCUT2D eigenvalue weighted by molar-refractivity contribution is -0.117. The van der Waals surface area contributed by atoms with Gasteiger partial charge in [-0.1, -0.05) is 5.21 Å². The zero-order valence-electron chi connectivity index (χ0n) is 10.4. The van der Waals surface area contributed by atoms with Crippen molar-refractivity contribution >= 4 is 5.91 Å². The molecule has 2 rings (SSSR count). The Labute approximate surface area is 108 Å². The summed E-state index contributed by atoms with van der Waals surface area (Å²) in [6, 6.07) is 0. The van der Waals surface area contributed by atoms with Gasteiger partial charge in [0.2, 0.25) is 5.91 Å². The SMILES string of the molecule is NC(=O)Cc1nnn(CC(F)F)c1C1CCOCC1. The number of amides is 1. The Hall–Kier alpha value is -1.57. The van der Waals surface area contributed by atoms with Crippen molar-refractivity contribution in [1.29, 1.82) is 0 Å². The lowest BCUT2D eigenvalue weighted by Gasteiger charge is -2.23. The normalized spacial score (nSPS) is 17.0. The van der Waals surface area contributed by atoms with E-state index in [1.54, 1.807) is 0 Å². The van der Waals surface area contributed by atoms with Crippen LogP contribution in [0.5, 0.6) is 0 Å². The summed E-state index contributed by atoms with van der Waals surface area (Å²) in [6.45, 7) is 0.625. The highest BCUT2D eigenvalue weighted by molar-refractivity contribution is 5.76. The average Bonchev–Trinajstić information content (AvgIpc) is 2.71. The van der Waals surface area contributed by atoms with Crippen LogP contribution >= 0.6 is 0 Å². The molecule has 2 heterocycles. The Morgan fingerprint density at radius 2 is 2.16 bits per heavy atom. The van der Waals surface area contributed by atoms with Crippen LogP contribution in [-0.4, -0.2) is 40.5 Å². The Morgan fingerprint density at radius 1 is 1.47 bits per heavy atom. The maximum absolute atomic E-state index is 12.5. The minimum absolute atomic E-state index is 0.0387. The van der Waals surface area contributed by atoms with E-state index in [1.807, 2.05) is 0 Å². The molecule has 0 aromatic carbocycles. The van der Waals surface area contributed by atoms with Gasteiger partial charge in [-0.25, -0.2) is 13.5 Å². The van der Waals surface area contributed by atoms with Crippen LogP contribution in [0.1, 0.15) is 30.1 Å². The van der Waals surface area contributed by atoms with Crippen molar-refractivity contribution in [3.8, 4) is 0 Å². The van der Waals surface area contributed by atoms with E-state index in [0.29, 0.717) is 37.4 Å². The first-order chi connectivity index (χ1) is 9.08. The van der Waals surface area contributed by atoms with Crippen molar-refractivity contribution in [1.82, 2.24) is 15.0 Å². The highest BCUT2D eigenvalue weighted by Gasteiger charge is 2.26. The van der Waals surface area contributed by atoms with Crippen molar-refractivity contribution in [3.63, 3.8) is 0 Å². The molecular weight excluding hydrogens is 258 g/mol. The Bertz CT molecular complexity index is 444. The first-order valence-corrected chi connectivity index (χ1v) is 6.14. The van der Waals surface area contributed by atoms with E-state index < -0.39 is 18.9 Å². The van der Waals surface area contributed by atoms with Crippen LogP contribution in [0.4, 0.5) is 8.78 Å². The van der Waals surface area contributed by atoms with Crippen LogP contribution in [0.3, 0.4) is 0 Å². The average molecular weight is 274 g/mol. The van der Waals surface area contributed by atoms with Gasteiger partial charge in [0.05, 0.1) is 17.8 Å². The smallest absolute Gasteiger partial charge is 0.257 e. The van der Waals surface area contributed by atoms with Gasteiger partial charge in [0.15, 0.2) is 0 Å². The molecule has 1 saturated heterocycles. The Kier molecular flexibility index (Phi) is 4.41. The molecule has 0 unspecified atom stereocenters. The van der Waals surface area contributed by atoms with Gasteiger partial charge in [0.1, 0.15) is 6.54 Å². The Balaban J connectivity index is 2.27. The van der Waals surface area contributed by atoms with E-state index in [4.69, 9.17) is 10.5 Å². The molecule has 1 fully saturated rings. The summed E-state index contributed by atoms with van der Waals surface area (Å²) in [4.78, 5) is 11.0. The van der Waals surface area contributed by atoms with Crippen molar-refractivity contribution in [2.75, 3.05) is 13.2 Å². The molecule has 0 spiro atoms. The first-order valence-electron chi connectivity index (χ1n) is 6.14. The number of nitrogens with two attached hydrogens (primary N) is 1. The predicted octanol–water partition coefficient (Wildman–Crippen LogP) is 0.465. The van der Waals surface area contributed by atoms with Gasteiger partial charge in [-0.2, -0.15) is 0 Å².